The summed E-state index contributed by atoms with van der Waals surface area (Å²) in [6.07, 6.45) is 3.29. The van der Waals surface area contributed by atoms with Crippen LogP contribution < -0.4 is 5.32 Å². The average molecular weight is 274 g/mol. The molecule has 0 radical (unpaired) electrons. The van der Waals surface area contributed by atoms with E-state index in [0.29, 0.717) is 13.0 Å². The maximum absolute atomic E-state index is 12.1. The molecule has 2 heterocycles. The van der Waals surface area contributed by atoms with Gasteiger partial charge in [0.2, 0.25) is 5.91 Å². The second kappa shape index (κ2) is 5.17. The second-order valence-electron chi connectivity index (χ2n) is 5.31. The van der Waals surface area contributed by atoms with Gasteiger partial charge in [0.25, 0.3) is 0 Å². The van der Waals surface area contributed by atoms with Crippen LogP contribution in [0.4, 0.5) is 0 Å². The minimum absolute atomic E-state index is 0.00769. The molecular weight excluding hydrogens is 252 g/mol. The van der Waals surface area contributed by atoms with Crippen molar-refractivity contribution in [3.05, 3.63) is 0 Å². The first-order chi connectivity index (χ1) is 8.45. The Hall–Kier alpha value is -0.620. The third-order valence-corrected chi connectivity index (χ3v) is 6.16. The van der Waals surface area contributed by atoms with Crippen molar-refractivity contribution < 1.29 is 13.2 Å². The van der Waals surface area contributed by atoms with E-state index in [9.17, 15) is 13.2 Å². The van der Waals surface area contributed by atoms with Gasteiger partial charge >= 0.3 is 0 Å². The van der Waals surface area contributed by atoms with E-state index in [-0.39, 0.29) is 29.1 Å². The Bertz CT molecular complexity index is 421. The maximum atomic E-state index is 12.1. The lowest BCUT2D eigenvalue weighted by molar-refractivity contribution is -0.129. The molecule has 2 rings (SSSR count). The summed E-state index contributed by atoms with van der Waals surface area (Å²) >= 11 is 0. The van der Waals surface area contributed by atoms with Gasteiger partial charge in [-0.1, -0.05) is 13.3 Å². The molecule has 0 aromatic rings. The molecule has 0 aliphatic carbocycles. The Morgan fingerprint density at radius 2 is 2.17 bits per heavy atom. The normalized spacial score (nSPS) is 35.3. The Balaban J connectivity index is 2.08. The zero-order chi connectivity index (χ0) is 13.3. The van der Waals surface area contributed by atoms with E-state index in [1.807, 2.05) is 6.92 Å². The van der Waals surface area contributed by atoms with Crippen LogP contribution in [0.2, 0.25) is 0 Å². The molecule has 0 saturated carbocycles. The quantitative estimate of drug-likeness (QED) is 0.811. The lowest BCUT2D eigenvalue weighted by Gasteiger charge is -2.26. The monoisotopic (exact) mass is 274 g/mol. The van der Waals surface area contributed by atoms with E-state index < -0.39 is 9.84 Å². The summed E-state index contributed by atoms with van der Waals surface area (Å²) in [7, 11) is -2.98. The number of amides is 1. The Kier molecular flexibility index (Phi) is 3.96. The van der Waals surface area contributed by atoms with Gasteiger partial charge in [-0.2, -0.15) is 0 Å². The standard InChI is InChI=1S/C12H22N2O3S/c1-3-5-11-13-9(2)12(15)14(11)8-10-6-4-7-18(10,16)17/h9-11,13H,3-8H2,1-2H3. The molecular formula is C12H22N2O3S. The summed E-state index contributed by atoms with van der Waals surface area (Å²) in [4.78, 5) is 13.8. The van der Waals surface area contributed by atoms with Crippen LogP contribution in [0, 0.1) is 0 Å². The molecule has 2 saturated heterocycles. The molecule has 18 heavy (non-hydrogen) atoms. The minimum Gasteiger partial charge on any atom is -0.325 e. The fraction of sp³-hybridized carbons (Fsp3) is 0.917. The number of nitrogens with one attached hydrogen (secondary N) is 1. The van der Waals surface area contributed by atoms with Gasteiger partial charge in [0, 0.05) is 6.54 Å². The van der Waals surface area contributed by atoms with Crippen LogP contribution in [-0.2, 0) is 14.6 Å². The van der Waals surface area contributed by atoms with E-state index in [1.54, 1.807) is 4.90 Å². The third kappa shape index (κ3) is 2.54. The molecule has 0 aromatic heterocycles. The molecule has 1 amide bonds. The molecule has 104 valence electrons. The molecule has 2 aliphatic rings. The Labute approximate surface area is 109 Å². The van der Waals surface area contributed by atoms with Crippen molar-refractivity contribution in [3.8, 4) is 0 Å². The number of hydrogen-bond donors (Lipinski definition) is 1. The van der Waals surface area contributed by atoms with Crippen LogP contribution in [0.25, 0.3) is 0 Å². The summed E-state index contributed by atoms with van der Waals surface area (Å²) in [5.74, 6) is 0.316. The Morgan fingerprint density at radius 3 is 2.72 bits per heavy atom. The van der Waals surface area contributed by atoms with Crippen molar-refractivity contribution in [1.82, 2.24) is 10.2 Å². The lowest BCUT2D eigenvalue weighted by atomic mass is 10.2. The zero-order valence-corrected chi connectivity index (χ0v) is 11.9. The molecule has 5 nitrogen and oxygen atoms in total. The van der Waals surface area contributed by atoms with E-state index in [0.717, 1.165) is 19.3 Å². The van der Waals surface area contributed by atoms with Gasteiger partial charge < -0.3 is 4.90 Å². The number of sulfone groups is 1. The minimum atomic E-state index is -2.98. The highest BCUT2D eigenvalue weighted by Gasteiger charge is 2.40. The molecule has 2 aliphatic heterocycles. The van der Waals surface area contributed by atoms with Gasteiger partial charge in [0.15, 0.2) is 9.84 Å². The molecule has 1 N–H and O–H groups in total. The number of rotatable bonds is 4. The number of carbonyl (C=O) groups is 1. The predicted octanol–water partition coefficient (Wildman–Crippen LogP) is 0.510. The Morgan fingerprint density at radius 1 is 1.44 bits per heavy atom. The highest BCUT2D eigenvalue weighted by atomic mass is 32.2. The first-order valence-electron chi connectivity index (χ1n) is 6.74. The lowest BCUT2D eigenvalue weighted by Crippen LogP contribution is -2.43. The van der Waals surface area contributed by atoms with Gasteiger partial charge in [-0.25, -0.2) is 8.42 Å². The average Bonchev–Trinajstić information content (AvgIpc) is 2.75. The summed E-state index contributed by atoms with van der Waals surface area (Å²) in [5, 5.41) is 2.88. The van der Waals surface area contributed by atoms with Gasteiger partial charge in [0.1, 0.15) is 0 Å². The van der Waals surface area contributed by atoms with E-state index in [2.05, 4.69) is 12.2 Å². The van der Waals surface area contributed by atoms with Crippen LogP contribution >= 0.6 is 0 Å². The molecule has 2 fully saturated rings. The zero-order valence-electron chi connectivity index (χ0n) is 11.1. The van der Waals surface area contributed by atoms with E-state index in [4.69, 9.17) is 0 Å². The van der Waals surface area contributed by atoms with Gasteiger partial charge in [-0.05, 0) is 26.2 Å². The third-order valence-electron chi connectivity index (χ3n) is 3.90. The summed E-state index contributed by atoms with van der Waals surface area (Å²) in [6, 6.07) is -0.189. The first-order valence-corrected chi connectivity index (χ1v) is 8.45. The fourth-order valence-electron chi connectivity index (χ4n) is 2.86. The highest BCUT2D eigenvalue weighted by molar-refractivity contribution is 7.92. The van der Waals surface area contributed by atoms with Crippen LogP contribution in [-0.4, -0.2) is 49.0 Å². The number of nitrogens with zero attached hydrogens (tertiary/aromatic N) is 1. The van der Waals surface area contributed by atoms with E-state index in [1.165, 1.54) is 0 Å². The van der Waals surface area contributed by atoms with Crippen LogP contribution in [0.1, 0.15) is 39.5 Å². The fourth-order valence-corrected chi connectivity index (χ4v) is 4.68. The van der Waals surface area contributed by atoms with Crippen molar-refractivity contribution in [1.29, 1.82) is 0 Å². The SMILES string of the molecule is CCCC1NC(C)C(=O)N1CC1CCCS1(=O)=O. The highest BCUT2D eigenvalue weighted by Crippen LogP contribution is 2.24. The van der Waals surface area contributed by atoms with Crippen molar-refractivity contribution >= 4 is 15.7 Å². The first kappa shape index (κ1) is 13.8. The summed E-state index contributed by atoms with van der Waals surface area (Å²) < 4.78 is 23.7. The van der Waals surface area contributed by atoms with Crippen molar-refractivity contribution in [3.63, 3.8) is 0 Å². The topological polar surface area (TPSA) is 66.5 Å². The molecule has 3 unspecified atom stereocenters. The largest absolute Gasteiger partial charge is 0.325 e. The van der Waals surface area contributed by atoms with Gasteiger partial charge in [0.05, 0.1) is 23.2 Å². The summed E-state index contributed by atoms with van der Waals surface area (Å²) in [5.41, 5.74) is 0. The van der Waals surface area contributed by atoms with E-state index >= 15 is 0 Å². The van der Waals surface area contributed by atoms with Crippen LogP contribution in [0.15, 0.2) is 0 Å². The van der Waals surface area contributed by atoms with Gasteiger partial charge in [-0.15, -0.1) is 0 Å². The van der Waals surface area contributed by atoms with Gasteiger partial charge in [-0.3, -0.25) is 10.1 Å². The molecule has 6 heteroatoms. The van der Waals surface area contributed by atoms with Crippen molar-refractivity contribution in [2.24, 2.45) is 0 Å². The number of hydrogen-bond acceptors (Lipinski definition) is 4. The molecule has 0 bridgehead atoms. The molecule has 0 spiro atoms. The van der Waals surface area contributed by atoms with Crippen LogP contribution in [0.3, 0.4) is 0 Å². The smallest absolute Gasteiger partial charge is 0.240 e. The van der Waals surface area contributed by atoms with Crippen LogP contribution in [0.5, 0.6) is 0 Å². The maximum Gasteiger partial charge on any atom is 0.240 e. The molecule has 3 atom stereocenters. The van der Waals surface area contributed by atoms with Crippen molar-refractivity contribution in [2.75, 3.05) is 12.3 Å². The predicted molar refractivity (Wildman–Crippen MR) is 69.8 cm³/mol. The number of carbonyl (C=O) groups excluding carboxylic acids is 1. The molecule has 0 aromatic carbocycles. The summed E-state index contributed by atoms with van der Waals surface area (Å²) in [6.45, 7) is 4.27. The van der Waals surface area contributed by atoms with Crippen molar-refractivity contribution in [2.45, 2.75) is 57.0 Å². The second-order valence-corrected chi connectivity index (χ2v) is 7.72.